The summed E-state index contributed by atoms with van der Waals surface area (Å²) in [4.78, 5) is 13.8. The van der Waals surface area contributed by atoms with Crippen molar-refractivity contribution in [3.8, 4) is 0 Å². The highest BCUT2D eigenvalue weighted by Gasteiger charge is 2.53. The van der Waals surface area contributed by atoms with Gasteiger partial charge in [0.25, 0.3) is 0 Å². The zero-order valence-corrected chi connectivity index (χ0v) is 15.5. The van der Waals surface area contributed by atoms with E-state index in [0.29, 0.717) is 16.3 Å². The minimum Gasteiger partial charge on any atom is -0.372 e. The zero-order valence-electron chi connectivity index (χ0n) is 13.9. The third kappa shape index (κ3) is 3.54. The molecule has 0 unspecified atom stereocenters. The molecule has 27 heavy (non-hydrogen) atoms. The fourth-order valence-electron chi connectivity index (χ4n) is 3.03. The van der Waals surface area contributed by atoms with Gasteiger partial charge in [-0.15, -0.1) is 4.28 Å². The third-order valence-corrected chi connectivity index (χ3v) is 4.59. The van der Waals surface area contributed by atoms with Crippen LogP contribution in [-0.4, -0.2) is 66.6 Å². The molecule has 2 aliphatic rings. The van der Waals surface area contributed by atoms with Crippen LogP contribution in [0, 0.1) is 0 Å². The lowest BCUT2D eigenvalue weighted by atomic mass is 9.97. The van der Waals surface area contributed by atoms with Crippen molar-refractivity contribution in [1.82, 2.24) is 25.1 Å². The summed E-state index contributed by atoms with van der Waals surface area (Å²) in [5.41, 5.74) is 0.805. The maximum absolute atomic E-state index is 12.6. The molecule has 0 spiro atoms. The van der Waals surface area contributed by atoms with Gasteiger partial charge in [-0.2, -0.15) is 32.1 Å². The Kier molecular flexibility index (Phi) is 4.50. The van der Waals surface area contributed by atoms with Crippen LogP contribution in [0.1, 0.15) is 23.3 Å². The smallest absolute Gasteiger partial charge is 0.372 e. The summed E-state index contributed by atoms with van der Waals surface area (Å²) in [6.45, 7) is -0.0478. The van der Waals surface area contributed by atoms with Gasteiger partial charge < -0.3 is 10.2 Å². The van der Waals surface area contributed by atoms with Crippen molar-refractivity contribution in [2.45, 2.75) is 12.1 Å². The molecule has 0 aromatic carbocycles. The number of nitrogens with two attached hydrogens (primary N) is 1. The molecule has 1 saturated heterocycles. The maximum Gasteiger partial charge on any atom is 0.418 e. The number of aromatic nitrogens is 2. The first-order valence-corrected chi connectivity index (χ1v) is 10.0. The molecule has 17 heteroatoms. The van der Waals surface area contributed by atoms with Gasteiger partial charge in [-0.3, -0.25) is 13.5 Å². The van der Waals surface area contributed by atoms with Crippen molar-refractivity contribution in [2.24, 2.45) is 17.3 Å². The number of amides is 2. The highest BCUT2D eigenvalue weighted by Crippen LogP contribution is 2.44. The molecule has 0 aliphatic carbocycles. The van der Waals surface area contributed by atoms with Gasteiger partial charge in [0.15, 0.2) is 5.84 Å². The van der Waals surface area contributed by atoms with Crippen molar-refractivity contribution < 1.29 is 34.8 Å². The number of urea groups is 1. The highest BCUT2D eigenvalue weighted by atomic mass is 32.3. The average Bonchev–Trinajstić information content (AvgIpc) is 3.03. The molecule has 2 atom stereocenters. The summed E-state index contributed by atoms with van der Waals surface area (Å²) >= 11 is 0. The predicted octanol–water partition coefficient (Wildman–Crippen LogP) is -2.26. The van der Waals surface area contributed by atoms with Crippen LogP contribution in [0.3, 0.4) is 0 Å². The van der Waals surface area contributed by atoms with Crippen molar-refractivity contribution in [1.29, 1.82) is 0 Å². The van der Waals surface area contributed by atoms with Crippen molar-refractivity contribution in [2.75, 3.05) is 13.6 Å². The Bertz CT molecular complexity index is 1020. The normalized spacial score (nSPS) is 22.8. The number of likely N-dealkylation sites (N-methyl/N-ethyl adjacent to an activating group) is 1. The third-order valence-electron chi connectivity index (χ3n) is 3.96. The van der Waals surface area contributed by atoms with Gasteiger partial charge in [0.1, 0.15) is 12.1 Å². The Balaban J connectivity index is 2.10. The molecular formula is C10H15N7O8S2. The second-order valence-corrected chi connectivity index (χ2v) is 7.72. The second-order valence-electron chi connectivity index (χ2n) is 5.58. The Morgan fingerprint density at radius 1 is 1.44 bits per heavy atom. The Morgan fingerprint density at radius 3 is 2.67 bits per heavy atom. The molecule has 2 aliphatic heterocycles. The van der Waals surface area contributed by atoms with Crippen LogP contribution in [-0.2, 0) is 36.3 Å². The summed E-state index contributed by atoms with van der Waals surface area (Å²) in [7, 11) is -6.41. The van der Waals surface area contributed by atoms with Gasteiger partial charge in [-0.05, 0) is 5.16 Å². The Morgan fingerprint density at radius 2 is 2.11 bits per heavy atom. The standard InChI is InChI=1S/C10H15N7O8S2/c1-12-9(14-24-26(11,19)20)8-7-5(3-13-15(7)2)6-4-16(8)10(18)17(6)25-27(21,22)23/h3,6,8H,4H2,1-2H3,(H,12,14)(H2,11,19,20)(H,21,22,23)/t6-,8-/m0/s1. The van der Waals surface area contributed by atoms with E-state index in [1.165, 1.54) is 17.9 Å². The monoisotopic (exact) mass is 425 g/mol. The molecule has 2 bridgehead atoms. The van der Waals surface area contributed by atoms with E-state index in [0.717, 1.165) is 4.90 Å². The molecule has 4 N–H and O–H groups in total. The van der Waals surface area contributed by atoms with E-state index in [9.17, 15) is 21.6 Å². The molecular weight excluding hydrogens is 410 g/mol. The maximum atomic E-state index is 12.6. The molecule has 3 rings (SSSR count). The topological polar surface area (TPSA) is 199 Å². The zero-order chi connectivity index (χ0) is 20.1. The van der Waals surface area contributed by atoms with Crippen molar-refractivity contribution in [3.05, 3.63) is 17.5 Å². The number of hydrogen-bond donors (Lipinski definition) is 3. The van der Waals surface area contributed by atoms with E-state index in [1.54, 1.807) is 7.05 Å². The molecule has 3 heterocycles. The fraction of sp³-hybridized carbons (Fsp3) is 0.500. The van der Waals surface area contributed by atoms with E-state index >= 15 is 0 Å². The van der Waals surface area contributed by atoms with E-state index in [2.05, 4.69) is 24.1 Å². The van der Waals surface area contributed by atoms with Crippen LogP contribution in [0.15, 0.2) is 11.4 Å². The predicted molar refractivity (Wildman–Crippen MR) is 86.0 cm³/mol. The van der Waals surface area contributed by atoms with Crippen molar-refractivity contribution in [3.63, 3.8) is 0 Å². The van der Waals surface area contributed by atoms with Gasteiger partial charge in [-0.1, -0.05) is 0 Å². The van der Waals surface area contributed by atoms with Crippen LogP contribution in [0.5, 0.6) is 0 Å². The quantitative estimate of drug-likeness (QED) is 0.200. The van der Waals surface area contributed by atoms with Gasteiger partial charge in [-0.25, -0.2) is 4.79 Å². The molecule has 15 nitrogen and oxygen atoms in total. The molecule has 1 aromatic heterocycles. The van der Waals surface area contributed by atoms with Gasteiger partial charge in [0.05, 0.1) is 18.4 Å². The van der Waals surface area contributed by atoms with E-state index < -0.39 is 38.8 Å². The molecule has 1 aromatic rings. The van der Waals surface area contributed by atoms with E-state index in [4.69, 9.17) is 9.69 Å². The van der Waals surface area contributed by atoms with E-state index in [1.807, 2.05) is 0 Å². The van der Waals surface area contributed by atoms with Gasteiger partial charge in [0, 0.05) is 19.7 Å². The highest BCUT2D eigenvalue weighted by molar-refractivity contribution is 7.84. The molecule has 1 fully saturated rings. The summed E-state index contributed by atoms with van der Waals surface area (Å²) < 4.78 is 63.2. The Labute approximate surface area is 153 Å². The number of carbonyl (C=O) groups excluding carboxylic acids is 1. The number of nitrogens with one attached hydrogen (secondary N) is 1. The first-order valence-electron chi connectivity index (χ1n) is 7.18. The Hall–Kier alpha value is -2.47. The number of hydroxylamine groups is 2. The van der Waals surface area contributed by atoms with Crippen LogP contribution < -0.4 is 10.5 Å². The second kappa shape index (κ2) is 6.30. The van der Waals surface area contributed by atoms with Crippen LogP contribution >= 0.6 is 0 Å². The summed E-state index contributed by atoms with van der Waals surface area (Å²) in [6.07, 6.45) is 1.39. The molecule has 0 radical (unpaired) electrons. The molecule has 2 amide bonds. The van der Waals surface area contributed by atoms with Gasteiger partial charge >= 0.3 is 26.7 Å². The summed E-state index contributed by atoms with van der Waals surface area (Å²) in [5, 5.41) is 15.4. The number of fused-ring (bicyclic) bond motifs is 4. The van der Waals surface area contributed by atoms with Crippen LogP contribution in [0.2, 0.25) is 0 Å². The van der Waals surface area contributed by atoms with Gasteiger partial charge in [0.2, 0.25) is 0 Å². The number of hydrogen-bond acceptors (Lipinski definition) is 9. The van der Waals surface area contributed by atoms with Crippen LogP contribution in [0.25, 0.3) is 0 Å². The lowest BCUT2D eigenvalue weighted by Gasteiger charge is -2.31. The number of oxime groups is 1. The first kappa shape index (κ1) is 19.3. The number of aryl methyl sites for hydroxylation is 1. The minimum absolute atomic E-state index is 0.0478. The van der Waals surface area contributed by atoms with Crippen LogP contribution in [0.4, 0.5) is 4.79 Å². The SMILES string of the molecule is CN/C(=N\OS(N)(=O)=O)[C@@H]1c2c(cnn2C)[C@@H]2CN1C(=O)N2OS(=O)(=O)O. The lowest BCUT2D eigenvalue weighted by Crippen LogP contribution is -2.43. The minimum atomic E-state index is -4.96. The lowest BCUT2D eigenvalue weighted by molar-refractivity contribution is -0.0316. The largest absolute Gasteiger partial charge is 0.418 e. The number of rotatable bonds is 5. The van der Waals surface area contributed by atoms with Crippen molar-refractivity contribution >= 4 is 32.6 Å². The average molecular weight is 425 g/mol. The number of nitrogens with zero attached hydrogens (tertiary/aromatic N) is 5. The number of carbonyl (C=O) groups is 1. The first-order chi connectivity index (χ1) is 12.4. The summed E-state index contributed by atoms with van der Waals surface area (Å²) in [5.74, 6) is -0.116. The molecule has 0 saturated carbocycles. The number of amidine groups is 1. The van der Waals surface area contributed by atoms with E-state index in [-0.39, 0.29) is 12.4 Å². The molecule has 150 valence electrons. The fourth-order valence-corrected chi connectivity index (χ4v) is 3.58. The summed E-state index contributed by atoms with van der Waals surface area (Å²) in [6, 6.07) is -2.80.